The highest BCUT2D eigenvalue weighted by molar-refractivity contribution is 5.66. The number of carboxylic acid groups (broad SMARTS) is 1. The van der Waals surface area contributed by atoms with Gasteiger partial charge in [0, 0.05) is 12.8 Å². The Kier molecular flexibility index (Phi) is 4.39. The van der Waals surface area contributed by atoms with Crippen LogP contribution in [0.25, 0.3) is 0 Å². The second kappa shape index (κ2) is 4.87. The van der Waals surface area contributed by atoms with Crippen molar-refractivity contribution in [1.29, 1.82) is 0 Å². The van der Waals surface area contributed by atoms with Gasteiger partial charge in [0.25, 0.3) is 0 Å². The minimum atomic E-state index is -0.746. The van der Waals surface area contributed by atoms with Gasteiger partial charge in [-0.2, -0.15) is 0 Å². The maximum absolute atomic E-state index is 10.1. The highest BCUT2D eigenvalue weighted by atomic mass is 16.4. The maximum atomic E-state index is 10.1. The Labute approximate surface area is 61.2 Å². The maximum Gasteiger partial charge on any atom is 0.303 e. The summed E-state index contributed by atoms with van der Waals surface area (Å²) in [4.78, 5) is 10.1. The lowest BCUT2D eigenvalue weighted by Gasteiger charge is -2.02. The minimum absolute atomic E-state index is 0.225. The van der Waals surface area contributed by atoms with Gasteiger partial charge in [-0.15, -0.1) is 12.3 Å². The molecule has 0 aliphatic rings. The lowest BCUT2D eigenvalue weighted by molar-refractivity contribution is -0.137. The van der Waals surface area contributed by atoms with E-state index in [1.54, 1.807) is 0 Å². The predicted molar refractivity (Wildman–Crippen MR) is 39.5 cm³/mol. The quantitative estimate of drug-likeness (QED) is 0.601. The largest absolute Gasteiger partial charge is 0.481 e. The first-order valence-corrected chi connectivity index (χ1v) is 3.32. The normalized spacial score (nSPS) is 12.0. The molecule has 0 rings (SSSR count). The molecule has 0 heterocycles. The van der Waals surface area contributed by atoms with Gasteiger partial charge in [-0.1, -0.05) is 6.92 Å². The minimum Gasteiger partial charge on any atom is -0.481 e. The van der Waals surface area contributed by atoms with Crippen LogP contribution in [0, 0.1) is 18.3 Å². The van der Waals surface area contributed by atoms with Crippen LogP contribution < -0.4 is 0 Å². The van der Waals surface area contributed by atoms with Gasteiger partial charge in [0.2, 0.25) is 0 Å². The SMILES string of the molecule is C#CCC(C)CCC(=O)O. The molecule has 1 atom stereocenters. The summed E-state index contributed by atoms with van der Waals surface area (Å²) in [5, 5.41) is 8.28. The second-order valence-electron chi connectivity index (χ2n) is 2.45. The molecule has 0 bridgehead atoms. The summed E-state index contributed by atoms with van der Waals surface area (Å²) in [5.74, 6) is 2.09. The van der Waals surface area contributed by atoms with Crippen LogP contribution in [0.5, 0.6) is 0 Å². The highest BCUT2D eigenvalue weighted by Gasteiger charge is 2.02. The lowest BCUT2D eigenvalue weighted by atomic mass is 10.0. The van der Waals surface area contributed by atoms with Gasteiger partial charge in [-0.25, -0.2) is 0 Å². The molecule has 0 aromatic heterocycles. The molecular formula is C8H12O2. The van der Waals surface area contributed by atoms with Gasteiger partial charge in [-0.05, 0) is 12.3 Å². The Morgan fingerprint density at radius 2 is 2.40 bits per heavy atom. The third kappa shape index (κ3) is 5.17. The first-order chi connectivity index (χ1) is 4.66. The number of carbonyl (C=O) groups is 1. The molecule has 0 aromatic carbocycles. The van der Waals surface area contributed by atoms with Crippen LogP contribution in [-0.4, -0.2) is 11.1 Å². The third-order valence-corrected chi connectivity index (χ3v) is 1.32. The van der Waals surface area contributed by atoms with E-state index in [0.29, 0.717) is 18.8 Å². The molecule has 10 heavy (non-hydrogen) atoms. The molecule has 0 spiro atoms. The zero-order valence-electron chi connectivity index (χ0n) is 6.13. The fourth-order valence-electron chi connectivity index (χ4n) is 0.673. The van der Waals surface area contributed by atoms with Gasteiger partial charge in [0.05, 0.1) is 0 Å². The van der Waals surface area contributed by atoms with Crippen molar-refractivity contribution in [1.82, 2.24) is 0 Å². The molecule has 1 unspecified atom stereocenters. The zero-order valence-corrected chi connectivity index (χ0v) is 6.13. The van der Waals surface area contributed by atoms with Gasteiger partial charge in [-0.3, -0.25) is 4.79 Å². The molecule has 0 radical (unpaired) electrons. The van der Waals surface area contributed by atoms with Crippen molar-refractivity contribution < 1.29 is 9.90 Å². The van der Waals surface area contributed by atoms with E-state index in [1.807, 2.05) is 6.92 Å². The van der Waals surface area contributed by atoms with Crippen molar-refractivity contribution in [2.45, 2.75) is 26.2 Å². The second-order valence-corrected chi connectivity index (χ2v) is 2.45. The van der Waals surface area contributed by atoms with Gasteiger partial charge >= 0.3 is 5.97 Å². The molecule has 0 amide bonds. The molecule has 0 aromatic rings. The molecule has 1 N–H and O–H groups in total. The van der Waals surface area contributed by atoms with E-state index in [9.17, 15) is 4.79 Å². The predicted octanol–water partition coefficient (Wildman–Crippen LogP) is 1.51. The summed E-state index contributed by atoms with van der Waals surface area (Å²) >= 11 is 0. The Hall–Kier alpha value is -0.970. The Balaban J connectivity index is 3.32. The van der Waals surface area contributed by atoms with E-state index < -0.39 is 5.97 Å². The monoisotopic (exact) mass is 140 g/mol. The van der Waals surface area contributed by atoms with Crippen molar-refractivity contribution in [3.63, 3.8) is 0 Å². The van der Waals surface area contributed by atoms with Crippen molar-refractivity contribution in [3.8, 4) is 12.3 Å². The molecular weight excluding hydrogens is 128 g/mol. The number of hydrogen-bond acceptors (Lipinski definition) is 1. The van der Waals surface area contributed by atoms with Gasteiger partial charge < -0.3 is 5.11 Å². The third-order valence-electron chi connectivity index (χ3n) is 1.32. The van der Waals surface area contributed by atoms with Crippen molar-refractivity contribution in [3.05, 3.63) is 0 Å². The number of rotatable bonds is 4. The average molecular weight is 140 g/mol. The lowest BCUT2D eigenvalue weighted by Crippen LogP contribution is -1.99. The Morgan fingerprint density at radius 1 is 1.80 bits per heavy atom. The topological polar surface area (TPSA) is 37.3 Å². The molecule has 0 saturated heterocycles. The van der Waals surface area contributed by atoms with E-state index in [2.05, 4.69) is 5.92 Å². The van der Waals surface area contributed by atoms with Crippen LogP contribution in [0.1, 0.15) is 26.2 Å². The Morgan fingerprint density at radius 3 is 2.80 bits per heavy atom. The Bertz CT molecular complexity index is 144. The average Bonchev–Trinajstić information content (AvgIpc) is 1.85. The number of terminal acetylenes is 1. The smallest absolute Gasteiger partial charge is 0.303 e. The summed E-state index contributed by atoms with van der Waals surface area (Å²) in [5.41, 5.74) is 0. The molecule has 0 aliphatic heterocycles. The van der Waals surface area contributed by atoms with Crippen LogP contribution in [0.3, 0.4) is 0 Å². The van der Waals surface area contributed by atoms with Crippen molar-refractivity contribution in [2.75, 3.05) is 0 Å². The van der Waals surface area contributed by atoms with Crippen molar-refractivity contribution >= 4 is 5.97 Å². The van der Waals surface area contributed by atoms with Crippen LogP contribution in [0.15, 0.2) is 0 Å². The number of carboxylic acids is 1. The molecule has 0 saturated carbocycles. The zero-order chi connectivity index (χ0) is 7.98. The van der Waals surface area contributed by atoms with Crippen molar-refractivity contribution in [2.24, 2.45) is 5.92 Å². The fourth-order valence-corrected chi connectivity index (χ4v) is 0.673. The van der Waals surface area contributed by atoms with Crippen LogP contribution in [0.4, 0.5) is 0 Å². The molecule has 2 nitrogen and oxygen atoms in total. The summed E-state index contributed by atoms with van der Waals surface area (Å²) < 4.78 is 0. The fraction of sp³-hybridized carbons (Fsp3) is 0.625. The summed E-state index contributed by atoms with van der Waals surface area (Å²) in [6.07, 6.45) is 6.62. The summed E-state index contributed by atoms with van der Waals surface area (Å²) in [7, 11) is 0. The first kappa shape index (κ1) is 9.03. The van der Waals surface area contributed by atoms with Crippen LogP contribution in [0.2, 0.25) is 0 Å². The van der Waals surface area contributed by atoms with E-state index in [-0.39, 0.29) is 6.42 Å². The van der Waals surface area contributed by atoms with Crippen LogP contribution in [-0.2, 0) is 4.79 Å². The molecule has 2 heteroatoms. The molecule has 0 aliphatic carbocycles. The number of aliphatic carboxylic acids is 1. The summed E-state index contributed by atoms with van der Waals surface area (Å²) in [6, 6.07) is 0. The number of hydrogen-bond donors (Lipinski definition) is 1. The van der Waals surface area contributed by atoms with Gasteiger partial charge in [0.1, 0.15) is 0 Å². The standard InChI is InChI=1S/C8H12O2/c1-3-4-7(2)5-6-8(9)10/h1,7H,4-6H2,2H3,(H,9,10). The summed E-state index contributed by atoms with van der Waals surface area (Å²) in [6.45, 7) is 1.96. The van der Waals surface area contributed by atoms with E-state index in [0.717, 1.165) is 0 Å². The van der Waals surface area contributed by atoms with E-state index >= 15 is 0 Å². The molecule has 56 valence electrons. The van der Waals surface area contributed by atoms with Crippen LogP contribution >= 0.6 is 0 Å². The van der Waals surface area contributed by atoms with E-state index in [4.69, 9.17) is 11.5 Å². The molecule has 0 fully saturated rings. The van der Waals surface area contributed by atoms with E-state index in [1.165, 1.54) is 0 Å². The van der Waals surface area contributed by atoms with Gasteiger partial charge in [0.15, 0.2) is 0 Å². The highest BCUT2D eigenvalue weighted by Crippen LogP contribution is 2.08. The first-order valence-electron chi connectivity index (χ1n) is 3.32.